The number of hydrogen-bond acceptors (Lipinski definition) is 1. The molecule has 2 rings (SSSR count). The average molecular weight is 252 g/mol. The van der Waals surface area contributed by atoms with Gasteiger partial charge < -0.3 is 4.74 Å². The van der Waals surface area contributed by atoms with Crippen molar-refractivity contribution in [2.45, 2.75) is 18.8 Å². The molecule has 0 spiro atoms. The Kier molecular flexibility index (Phi) is 4.79. The number of rotatable bonds is 6. The van der Waals surface area contributed by atoms with Crippen LogP contribution >= 0.6 is 0 Å². The predicted octanol–water partition coefficient (Wildman–Crippen LogP) is 4.60. The largest absolute Gasteiger partial charge is 0.496 e. The van der Waals surface area contributed by atoms with E-state index in [1.807, 2.05) is 24.3 Å². The standard InChI is InChI=1S/C18H20O/c1-3-15(16-9-5-4-6-10-16)13-14-17-11-7-8-12-18(17)19-2/h3-12,15H,1,13-14H2,2H3. The first-order chi connectivity index (χ1) is 9.35. The van der Waals surface area contributed by atoms with Crippen molar-refractivity contribution in [3.8, 4) is 5.75 Å². The van der Waals surface area contributed by atoms with Crippen LogP contribution in [0.4, 0.5) is 0 Å². The summed E-state index contributed by atoms with van der Waals surface area (Å²) >= 11 is 0. The first-order valence-electron chi connectivity index (χ1n) is 6.64. The lowest BCUT2D eigenvalue weighted by Gasteiger charge is -2.14. The van der Waals surface area contributed by atoms with Gasteiger partial charge in [-0.25, -0.2) is 0 Å². The molecule has 0 amide bonds. The second-order valence-electron chi connectivity index (χ2n) is 4.60. The lowest BCUT2D eigenvalue weighted by Crippen LogP contribution is -1.99. The molecule has 0 aromatic heterocycles. The molecule has 0 saturated heterocycles. The van der Waals surface area contributed by atoms with Gasteiger partial charge in [0.25, 0.3) is 0 Å². The molecule has 0 bridgehead atoms. The molecule has 0 saturated carbocycles. The van der Waals surface area contributed by atoms with E-state index in [0.717, 1.165) is 18.6 Å². The summed E-state index contributed by atoms with van der Waals surface area (Å²) in [4.78, 5) is 0. The number of allylic oxidation sites excluding steroid dienone is 1. The maximum atomic E-state index is 5.39. The van der Waals surface area contributed by atoms with Gasteiger partial charge in [0.05, 0.1) is 7.11 Å². The van der Waals surface area contributed by atoms with Gasteiger partial charge in [-0.2, -0.15) is 0 Å². The van der Waals surface area contributed by atoms with Crippen molar-refractivity contribution in [3.05, 3.63) is 78.4 Å². The van der Waals surface area contributed by atoms with Crippen LogP contribution in [0.2, 0.25) is 0 Å². The molecule has 0 aliphatic carbocycles. The van der Waals surface area contributed by atoms with Gasteiger partial charge in [-0.15, -0.1) is 6.58 Å². The third-order valence-corrected chi connectivity index (χ3v) is 3.43. The van der Waals surface area contributed by atoms with Crippen LogP contribution in [-0.4, -0.2) is 7.11 Å². The molecule has 2 aromatic rings. The van der Waals surface area contributed by atoms with E-state index in [4.69, 9.17) is 4.74 Å². The third-order valence-electron chi connectivity index (χ3n) is 3.43. The van der Waals surface area contributed by atoms with E-state index < -0.39 is 0 Å². The van der Waals surface area contributed by atoms with Crippen LogP contribution in [0.25, 0.3) is 0 Å². The summed E-state index contributed by atoms with van der Waals surface area (Å²) in [6.07, 6.45) is 4.08. The predicted molar refractivity (Wildman–Crippen MR) is 80.7 cm³/mol. The molecule has 1 heteroatoms. The Morgan fingerprint density at radius 1 is 1.05 bits per heavy atom. The number of aryl methyl sites for hydroxylation is 1. The summed E-state index contributed by atoms with van der Waals surface area (Å²) in [5.41, 5.74) is 2.58. The second-order valence-corrected chi connectivity index (χ2v) is 4.60. The van der Waals surface area contributed by atoms with E-state index in [1.54, 1.807) is 7.11 Å². The van der Waals surface area contributed by atoms with Crippen molar-refractivity contribution >= 4 is 0 Å². The van der Waals surface area contributed by atoms with E-state index in [2.05, 4.69) is 43.0 Å². The Morgan fingerprint density at radius 2 is 1.74 bits per heavy atom. The number of benzene rings is 2. The highest BCUT2D eigenvalue weighted by atomic mass is 16.5. The summed E-state index contributed by atoms with van der Waals surface area (Å²) in [5, 5.41) is 0. The first kappa shape index (κ1) is 13.4. The van der Waals surface area contributed by atoms with Crippen LogP contribution in [0.5, 0.6) is 5.75 Å². The molecular formula is C18H20O. The zero-order valence-electron chi connectivity index (χ0n) is 11.4. The van der Waals surface area contributed by atoms with Gasteiger partial charge in [-0.05, 0) is 30.0 Å². The van der Waals surface area contributed by atoms with Crippen LogP contribution < -0.4 is 4.74 Å². The van der Waals surface area contributed by atoms with Crippen LogP contribution in [0.3, 0.4) is 0 Å². The number of ether oxygens (including phenoxy) is 1. The van der Waals surface area contributed by atoms with Crippen LogP contribution in [0.1, 0.15) is 23.5 Å². The van der Waals surface area contributed by atoms with E-state index in [0.29, 0.717) is 5.92 Å². The fourth-order valence-corrected chi connectivity index (χ4v) is 2.34. The Morgan fingerprint density at radius 3 is 2.42 bits per heavy atom. The molecule has 1 unspecified atom stereocenters. The van der Waals surface area contributed by atoms with Gasteiger partial charge in [-0.3, -0.25) is 0 Å². The fraction of sp³-hybridized carbons (Fsp3) is 0.222. The average Bonchev–Trinajstić information content (AvgIpc) is 2.49. The van der Waals surface area contributed by atoms with Crippen molar-refractivity contribution in [2.24, 2.45) is 0 Å². The van der Waals surface area contributed by atoms with Crippen molar-refractivity contribution in [2.75, 3.05) is 7.11 Å². The van der Waals surface area contributed by atoms with Gasteiger partial charge in [0.2, 0.25) is 0 Å². The quantitative estimate of drug-likeness (QED) is 0.683. The fourth-order valence-electron chi connectivity index (χ4n) is 2.34. The normalized spacial score (nSPS) is 11.8. The number of methoxy groups -OCH3 is 1. The molecule has 0 aliphatic rings. The molecular weight excluding hydrogens is 232 g/mol. The lowest BCUT2D eigenvalue weighted by molar-refractivity contribution is 0.409. The summed E-state index contributed by atoms with van der Waals surface area (Å²) in [5.74, 6) is 1.37. The molecule has 0 aliphatic heterocycles. The van der Waals surface area contributed by atoms with Gasteiger partial charge in [0.15, 0.2) is 0 Å². The summed E-state index contributed by atoms with van der Waals surface area (Å²) in [6.45, 7) is 3.96. The highest BCUT2D eigenvalue weighted by molar-refractivity contribution is 5.34. The molecule has 0 heterocycles. The summed E-state index contributed by atoms with van der Waals surface area (Å²) in [6, 6.07) is 18.7. The zero-order chi connectivity index (χ0) is 13.5. The minimum atomic E-state index is 0.395. The van der Waals surface area contributed by atoms with E-state index in [-0.39, 0.29) is 0 Å². The third kappa shape index (κ3) is 3.47. The number of para-hydroxylation sites is 1. The van der Waals surface area contributed by atoms with Crippen LogP contribution in [0.15, 0.2) is 67.3 Å². The van der Waals surface area contributed by atoms with Gasteiger partial charge in [0.1, 0.15) is 5.75 Å². The van der Waals surface area contributed by atoms with Crippen molar-refractivity contribution in [3.63, 3.8) is 0 Å². The van der Waals surface area contributed by atoms with E-state index in [1.165, 1.54) is 11.1 Å². The number of hydrogen-bond donors (Lipinski definition) is 0. The Labute approximate surface area is 115 Å². The lowest BCUT2D eigenvalue weighted by atomic mass is 9.92. The minimum absolute atomic E-state index is 0.395. The van der Waals surface area contributed by atoms with Gasteiger partial charge >= 0.3 is 0 Å². The highest BCUT2D eigenvalue weighted by Gasteiger charge is 2.09. The zero-order valence-corrected chi connectivity index (χ0v) is 11.4. The molecule has 1 nitrogen and oxygen atoms in total. The van der Waals surface area contributed by atoms with E-state index >= 15 is 0 Å². The maximum absolute atomic E-state index is 5.39. The molecule has 19 heavy (non-hydrogen) atoms. The molecule has 0 fully saturated rings. The molecule has 0 radical (unpaired) electrons. The SMILES string of the molecule is C=CC(CCc1ccccc1OC)c1ccccc1. The Hall–Kier alpha value is -2.02. The topological polar surface area (TPSA) is 9.23 Å². The van der Waals surface area contributed by atoms with Crippen LogP contribution in [0, 0.1) is 0 Å². The molecule has 2 aromatic carbocycles. The molecule has 1 atom stereocenters. The maximum Gasteiger partial charge on any atom is 0.122 e. The summed E-state index contributed by atoms with van der Waals surface area (Å²) in [7, 11) is 1.72. The Bertz CT molecular complexity index is 516. The molecule has 98 valence electrons. The highest BCUT2D eigenvalue weighted by Crippen LogP contribution is 2.26. The minimum Gasteiger partial charge on any atom is -0.496 e. The van der Waals surface area contributed by atoms with Crippen LogP contribution in [-0.2, 0) is 6.42 Å². The van der Waals surface area contributed by atoms with Crippen molar-refractivity contribution in [1.82, 2.24) is 0 Å². The monoisotopic (exact) mass is 252 g/mol. The van der Waals surface area contributed by atoms with Gasteiger partial charge in [0, 0.05) is 5.92 Å². The smallest absolute Gasteiger partial charge is 0.122 e. The van der Waals surface area contributed by atoms with Crippen molar-refractivity contribution in [1.29, 1.82) is 0 Å². The summed E-state index contributed by atoms with van der Waals surface area (Å²) < 4.78 is 5.39. The van der Waals surface area contributed by atoms with E-state index in [9.17, 15) is 0 Å². The second kappa shape index (κ2) is 6.79. The first-order valence-corrected chi connectivity index (χ1v) is 6.64. The Balaban J connectivity index is 2.06. The van der Waals surface area contributed by atoms with Crippen molar-refractivity contribution < 1.29 is 4.74 Å². The van der Waals surface area contributed by atoms with Gasteiger partial charge in [-0.1, -0.05) is 54.6 Å². The molecule has 0 N–H and O–H groups in total.